The van der Waals surface area contributed by atoms with Crippen LogP contribution < -0.4 is 10.1 Å². The Hall–Kier alpha value is -2.77. The van der Waals surface area contributed by atoms with E-state index in [-0.39, 0.29) is 36.6 Å². The summed E-state index contributed by atoms with van der Waals surface area (Å²) in [5.74, 6) is -2.70. The van der Waals surface area contributed by atoms with Crippen LogP contribution in [-0.2, 0) is 22.4 Å². The zero-order valence-electron chi connectivity index (χ0n) is 19.9. The third kappa shape index (κ3) is 7.11. The molecule has 0 heterocycles. The Morgan fingerprint density at radius 2 is 1.85 bits per heavy atom. The van der Waals surface area contributed by atoms with Crippen molar-refractivity contribution in [2.75, 3.05) is 19.8 Å². The molecule has 34 heavy (non-hydrogen) atoms. The monoisotopic (exact) mass is 473 g/mol. The SMILES string of the molecule is CCOC(=O)/C=C/c1ccc(OC[C@H](O)CNC(C)(C)CC2Cc3ccccc3C2)c(F)c1F. The van der Waals surface area contributed by atoms with Crippen molar-refractivity contribution in [1.82, 2.24) is 5.32 Å². The van der Waals surface area contributed by atoms with Gasteiger partial charge in [-0.3, -0.25) is 0 Å². The van der Waals surface area contributed by atoms with E-state index in [1.807, 2.05) is 0 Å². The van der Waals surface area contributed by atoms with Gasteiger partial charge in [0.25, 0.3) is 0 Å². The van der Waals surface area contributed by atoms with Crippen LogP contribution in [0.25, 0.3) is 6.08 Å². The predicted octanol–water partition coefficient (Wildman–Crippen LogP) is 4.45. The lowest BCUT2D eigenvalue weighted by Crippen LogP contribution is -2.46. The second-order valence-electron chi connectivity index (χ2n) is 9.34. The molecule has 0 bridgehead atoms. The number of benzene rings is 2. The molecule has 0 unspecified atom stereocenters. The number of nitrogens with one attached hydrogen (secondary N) is 1. The van der Waals surface area contributed by atoms with Gasteiger partial charge in [0.05, 0.1) is 6.61 Å². The van der Waals surface area contributed by atoms with E-state index in [2.05, 4.69) is 43.4 Å². The average molecular weight is 474 g/mol. The van der Waals surface area contributed by atoms with Gasteiger partial charge in [-0.15, -0.1) is 0 Å². The second kappa shape index (κ2) is 11.6. The Labute approximate surface area is 199 Å². The lowest BCUT2D eigenvalue weighted by atomic mass is 9.88. The molecule has 0 saturated heterocycles. The highest BCUT2D eigenvalue weighted by Crippen LogP contribution is 2.32. The van der Waals surface area contributed by atoms with E-state index in [4.69, 9.17) is 9.47 Å². The molecular formula is C27H33F2NO4. The van der Waals surface area contributed by atoms with Crippen molar-refractivity contribution < 1.29 is 28.2 Å². The molecule has 5 nitrogen and oxygen atoms in total. The molecule has 0 saturated carbocycles. The molecule has 1 aliphatic carbocycles. The van der Waals surface area contributed by atoms with Gasteiger partial charge in [0.2, 0.25) is 5.82 Å². The van der Waals surface area contributed by atoms with Crippen molar-refractivity contribution in [2.45, 2.75) is 51.7 Å². The van der Waals surface area contributed by atoms with Crippen LogP contribution in [0.5, 0.6) is 5.75 Å². The minimum Gasteiger partial charge on any atom is -0.488 e. The number of halogens is 2. The van der Waals surface area contributed by atoms with Gasteiger partial charge in [0.15, 0.2) is 11.6 Å². The van der Waals surface area contributed by atoms with Gasteiger partial charge in [-0.1, -0.05) is 24.3 Å². The highest BCUT2D eigenvalue weighted by molar-refractivity contribution is 5.87. The van der Waals surface area contributed by atoms with Gasteiger partial charge in [-0.2, -0.15) is 4.39 Å². The number of carbonyl (C=O) groups is 1. The van der Waals surface area contributed by atoms with Gasteiger partial charge in [-0.05, 0) is 75.3 Å². The fraction of sp³-hybridized carbons (Fsp3) is 0.444. The summed E-state index contributed by atoms with van der Waals surface area (Å²) in [6, 6.07) is 11.1. The van der Waals surface area contributed by atoms with Crippen LogP contribution in [0.3, 0.4) is 0 Å². The molecule has 0 aromatic heterocycles. The number of rotatable bonds is 11. The molecule has 2 N–H and O–H groups in total. The van der Waals surface area contributed by atoms with Gasteiger partial charge in [0.1, 0.15) is 12.7 Å². The van der Waals surface area contributed by atoms with E-state index in [0.717, 1.165) is 31.4 Å². The first-order chi connectivity index (χ1) is 16.2. The number of aliphatic hydroxyl groups excluding tert-OH is 1. The van der Waals surface area contributed by atoms with Crippen LogP contribution in [0.4, 0.5) is 8.78 Å². The number of β-amino-alcohol motifs (C(OH)–C–C–N with tert-alkyl or cyclic N) is 1. The van der Waals surface area contributed by atoms with Crippen LogP contribution in [0.1, 0.15) is 43.9 Å². The van der Waals surface area contributed by atoms with Crippen LogP contribution >= 0.6 is 0 Å². The third-order valence-electron chi connectivity index (χ3n) is 5.94. The predicted molar refractivity (Wildman–Crippen MR) is 128 cm³/mol. The van der Waals surface area contributed by atoms with Gasteiger partial charge in [0, 0.05) is 23.7 Å². The maximum absolute atomic E-state index is 14.4. The molecule has 7 heteroatoms. The summed E-state index contributed by atoms with van der Waals surface area (Å²) >= 11 is 0. The van der Waals surface area contributed by atoms with Crippen molar-refractivity contribution in [3.63, 3.8) is 0 Å². The lowest BCUT2D eigenvalue weighted by Gasteiger charge is -2.30. The molecule has 0 fully saturated rings. The van der Waals surface area contributed by atoms with Crippen molar-refractivity contribution >= 4 is 12.0 Å². The van der Waals surface area contributed by atoms with E-state index in [9.17, 15) is 18.7 Å². The average Bonchev–Trinajstić information content (AvgIpc) is 3.19. The van der Waals surface area contributed by atoms with Gasteiger partial charge < -0.3 is 19.9 Å². The Morgan fingerprint density at radius 1 is 1.18 bits per heavy atom. The zero-order chi connectivity index (χ0) is 24.7. The first-order valence-electron chi connectivity index (χ1n) is 11.6. The van der Waals surface area contributed by atoms with E-state index >= 15 is 0 Å². The summed E-state index contributed by atoms with van der Waals surface area (Å²) in [5, 5.41) is 13.7. The normalized spacial score (nSPS) is 14.9. The molecule has 184 valence electrons. The van der Waals surface area contributed by atoms with Crippen LogP contribution in [-0.4, -0.2) is 42.5 Å². The number of aliphatic hydroxyl groups is 1. The minimum absolute atomic E-state index is 0.101. The lowest BCUT2D eigenvalue weighted by molar-refractivity contribution is -0.137. The van der Waals surface area contributed by atoms with E-state index in [0.29, 0.717) is 5.92 Å². The summed E-state index contributed by atoms with van der Waals surface area (Å²) in [7, 11) is 0. The Kier molecular flexibility index (Phi) is 8.80. The summed E-state index contributed by atoms with van der Waals surface area (Å²) in [6.07, 6.45) is 4.35. The Balaban J connectivity index is 1.46. The number of fused-ring (bicyclic) bond motifs is 1. The van der Waals surface area contributed by atoms with Crippen molar-refractivity contribution in [3.05, 3.63) is 70.8 Å². The Bertz CT molecular complexity index is 997. The van der Waals surface area contributed by atoms with Gasteiger partial charge in [-0.25, -0.2) is 9.18 Å². The van der Waals surface area contributed by atoms with Gasteiger partial charge >= 0.3 is 5.97 Å². The second-order valence-corrected chi connectivity index (χ2v) is 9.34. The zero-order valence-corrected chi connectivity index (χ0v) is 19.9. The first-order valence-corrected chi connectivity index (χ1v) is 11.6. The largest absolute Gasteiger partial charge is 0.488 e. The van der Waals surface area contributed by atoms with Crippen molar-refractivity contribution in [3.8, 4) is 5.75 Å². The van der Waals surface area contributed by atoms with Crippen LogP contribution in [0.15, 0.2) is 42.5 Å². The van der Waals surface area contributed by atoms with Crippen molar-refractivity contribution in [2.24, 2.45) is 5.92 Å². The standard InChI is InChI=1S/C27H33F2NO4/c1-4-33-24(32)12-10-19-9-11-23(26(29)25(19)28)34-17-22(31)16-30-27(2,3)15-18-13-20-7-5-6-8-21(20)14-18/h5-12,18,22,30-31H,4,13-17H2,1-3H3/b12-10+/t22-/m1/s1. The molecular weight excluding hydrogens is 440 g/mol. The van der Waals surface area contributed by atoms with E-state index < -0.39 is 23.7 Å². The molecule has 2 aromatic rings. The van der Waals surface area contributed by atoms with E-state index in [1.165, 1.54) is 23.3 Å². The molecule has 2 aromatic carbocycles. The maximum atomic E-state index is 14.4. The number of hydrogen-bond donors (Lipinski definition) is 2. The highest BCUT2D eigenvalue weighted by Gasteiger charge is 2.28. The summed E-state index contributed by atoms with van der Waals surface area (Å²) < 4.78 is 38.7. The molecule has 1 aliphatic rings. The Morgan fingerprint density at radius 3 is 2.50 bits per heavy atom. The number of hydrogen-bond acceptors (Lipinski definition) is 5. The molecule has 0 amide bonds. The molecule has 0 aliphatic heterocycles. The fourth-order valence-electron chi connectivity index (χ4n) is 4.36. The van der Waals surface area contributed by atoms with Crippen molar-refractivity contribution in [1.29, 1.82) is 0 Å². The molecule has 3 rings (SSSR count). The fourth-order valence-corrected chi connectivity index (χ4v) is 4.36. The third-order valence-corrected chi connectivity index (χ3v) is 5.94. The molecule has 0 radical (unpaired) electrons. The minimum atomic E-state index is -1.17. The van der Waals surface area contributed by atoms with E-state index in [1.54, 1.807) is 6.92 Å². The first kappa shape index (κ1) is 25.8. The molecule has 1 atom stereocenters. The maximum Gasteiger partial charge on any atom is 0.330 e. The van der Waals surface area contributed by atoms with Crippen LogP contribution in [0, 0.1) is 17.6 Å². The number of carbonyl (C=O) groups excluding carboxylic acids is 1. The number of ether oxygens (including phenoxy) is 2. The summed E-state index contributed by atoms with van der Waals surface area (Å²) in [5.41, 5.74) is 2.52. The smallest absolute Gasteiger partial charge is 0.330 e. The summed E-state index contributed by atoms with van der Waals surface area (Å²) in [4.78, 5) is 11.4. The van der Waals surface area contributed by atoms with Crippen LogP contribution in [0.2, 0.25) is 0 Å². The quantitative estimate of drug-likeness (QED) is 0.373. The molecule has 0 spiro atoms. The summed E-state index contributed by atoms with van der Waals surface area (Å²) in [6.45, 7) is 6.11. The number of esters is 1. The topological polar surface area (TPSA) is 67.8 Å². The highest BCUT2D eigenvalue weighted by atomic mass is 19.2.